The number of hydrogen-bond donors (Lipinski definition) is 2. The molecule has 3 aromatic carbocycles. The van der Waals surface area contributed by atoms with Gasteiger partial charge in [-0.05, 0) is 107 Å². The Morgan fingerprint density at radius 3 is 1.45 bits per heavy atom. The Kier molecular flexibility index (Phi) is 15.8. The number of ether oxygens (including phenoxy) is 2. The SMILES string of the molecule is Ic1ccn[nH]1.Ic1ccnn1C1CCOCC1.OC1CCOCC1.c1ccc(P(c2ccccc2)c2ccccc2)cc1. The fourth-order valence-electron chi connectivity index (χ4n) is 4.60. The summed E-state index contributed by atoms with van der Waals surface area (Å²) in [7, 11) is -0.446. The number of halogens is 2. The van der Waals surface area contributed by atoms with Gasteiger partial charge in [0.1, 0.15) is 0 Å². The second kappa shape index (κ2) is 20.1. The maximum Gasteiger partial charge on any atom is 0.0992 e. The van der Waals surface area contributed by atoms with Crippen molar-refractivity contribution in [2.45, 2.75) is 37.8 Å². The number of aliphatic hydroxyl groups excluding tert-OH is 1. The predicted octanol–water partition coefficient (Wildman–Crippen LogP) is 6.46. The zero-order valence-electron chi connectivity index (χ0n) is 24.6. The molecular formula is C34H39I2N4O3P. The first kappa shape index (κ1) is 34.7. The molecule has 0 amide bonds. The van der Waals surface area contributed by atoms with Gasteiger partial charge in [-0.25, -0.2) is 0 Å². The predicted molar refractivity (Wildman–Crippen MR) is 197 cm³/mol. The normalized spacial score (nSPS) is 15.2. The summed E-state index contributed by atoms with van der Waals surface area (Å²) in [6, 6.07) is 36.8. The lowest BCUT2D eigenvalue weighted by Gasteiger charge is -2.22. The number of nitrogens with zero attached hydrogens (tertiary/aromatic N) is 3. The van der Waals surface area contributed by atoms with Crippen molar-refractivity contribution < 1.29 is 14.6 Å². The van der Waals surface area contributed by atoms with E-state index in [0.717, 1.165) is 55.8 Å². The Bertz CT molecular complexity index is 1320. The number of hydrogen-bond acceptors (Lipinski definition) is 5. The number of aliphatic hydroxyl groups is 1. The summed E-state index contributed by atoms with van der Waals surface area (Å²) in [6.45, 7) is 3.23. The third kappa shape index (κ3) is 12.0. The molecule has 7 nitrogen and oxygen atoms in total. The third-order valence-electron chi connectivity index (χ3n) is 6.86. The fourth-order valence-corrected chi connectivity index (χ4v) is 7.88. The second-order valence-corrected chi connectivity index (χ2v) is 14.5. The Morgan fingerprint density at radius 2 is 1.14 bits per heavy atom. The summed E-state index contributed by atoms with van der Waals surface area (Å²) in [5, 5.41) is 23.7. The van der Waals surface area contributed by atoms with E-state index in [-0.39, 0.29) is 6.10 Å². The first-order valence-corrected chi connectivity index (χ1v) is 18.2. The molecule has 0 bridgehead atoms. The summed E-state index contributed by atoms with van der Waals surface area (Å²) in [5.74, 6) is 0. The zero-order valence-corrected chi connectivity index (χ0v) is 29.8. The molecule has 2 aromatic heterocycles. The molecule has 0 spiro atoms. The van der Waals surface area contributed by atoms with Crippen molar-refractivity contribution in [3.63, 3.8) is 0 Å². The van der Waals surface area contributed by atoms with Gasteiger partial charge >= 0.3 is 0 Å². The number of rotatable bonds is 4. The van der Waals surface area contributed by atoms with Crippen LogP contribution in [0.5, 0.6) is 0 Å². The fraction of sp³-hybridized carbons (Fsp3) is 0.294. The van der Waals surface area contributed by atoms with Gasteiger partial charge in [0, 0.05) is 32.6 Å². The van der Waals surface area contributed by atoms with Crippen LogP contribution in [0.4, 0.5) is 0 Å². The van der Waals surface area contributed by atoms with Crippen molar-refractivity contribution >= 4 is 69.0 Å². The minimum atomic E-state index is -0.446. The molecule has 232 valence electrons. The van der Waals surface area contributed by atoms with E-state index in [1.54, 1.807) is 6.20 Å². The van der Waals surface area contributed by atoms with Gasteiger partial charge in [0.05, 0.1) is 25.7 Å². The van der Waals surface area contributed by atoms with Gasteiger partial charge in [-0.3, -0.25) is 9.78 Å². The summed E-state index contributed by atoms with van der Waals surface area (Å²) in [4.78, 5) is 0. The van der Waals surface area contributed by atoms with E-state index in [2.05, 4.69) is 156 Å². The maximum absolute atomic E-state index is 8.83. The Labute approximate surface area is 288 Å². The molecule has 5 aromatic rings. The molecule has 0 saturated carbocycles. The molecule has 2 aliphatic heterocycles. The van der Waals surface area contributed by atoms with Crippen molar-refractivity contribution in [1.29, 1.82) is 0 Å². The molecule has 0 unspecified atom stereocenters. The molecule has 2 aliphatic rings. The molecule has 0 atom stereocenters. The van der Waals surface area contributed by atoms with E-state index >= 15 is 0 Å². The topological polar surface area (TPSA) is 85.2 Å². The van der Waals surface area contributed by atoms with Crippen molar-refractivity contribution in [3.8, 4) is 0 Å². The highest BCUT2D eigenvalue weighted by Crippen LogP contribution is 2.32. The molecular weight excluding hydrogens is 797 g/mol. The maximum atomic E-state index is 8.83. The van der Waals surface area contributed by atoms with Crippen molar-refractivity contribution in [2.75, 3.05) is 26.4 Å². The van der Waals surface area contributed by atoms with Crippen molar-refractivity contribution in [1.82, 2.24) is 20.0 Å². The van der Waals surface area contributed by atoms with E-state index in [4.69, 9.17) is 14.6 Å². The van der Waals surface area contributed by atoms with Gasteiger partial charge in [-0.1, -0.05) is 91.0 Å². The molecule has 0 radical (unpaired) electrons. The van der Waals surface area contributed by atoms with Crippen LogP contribution in [-0.4, -0.2) is 57.6 Å². The van der Waals surface area contributed by atoms with Crippen LogP contribution in [0.3, 0.4) is 0 Å². The van der Waals surface area contributed by atoms with Crippen LogP contribution in [0, 0.1) is 7.40 Å². The number of nitrogens with one attached hydrogen (secondary N) is 1. The van der Waals surface area contributed by atoms with Crippen LogP contribution in [0.1, 0.15) is 31.7 Å². The van der Waals surface area contributed by atoms with E-state index in [1.165, 1.54) is 19.6 Å². The van der Waals surface area contributed by atoms with Crippen LogP contribution in [0.25, 0.3) is 0 Å². The van der Waals surface area contributed by atoms with Crippen LogP contribution < -0.4 is 15.9 Å². The zero-order chi connectivity index (χ0) is 30.8. The standard InChI is InChI=1S/C18H15P.C8H11IN2O.C5H10O2.C3H3IN2/c1-4-10-16(11-5-1)19(17-12-6-2-7-13-17)18-14-8-3-9-15-18;9-8-1-4-10-11(8)7-2-5-12-6-3-7;6-5-1-3-7-4-2-5;4-3-1-2-5-6-3/h1-15H;1,4,7H,2-3,5-6H2;5-6H,1-4H2;1-2H,(H,5,6). The number of aromatic amines is 1. The number of benzene rings is 3. The Balaban J connectivity index is 0.000000150. The molecule has 2 N–H and O–H groups in total. The van der Waals surface area contributed by atoms with Crippen molar-refractivity contribution in [3.05, 3.63) is 123 Å². The molecule has 2 saturated heterocycles. The van der Waals surface area contributed by atoms with E-state index in [1.807, 2.05) is 18.3 Å². The average molecular weight is 836 g/mol. The highest BCUT2D eigenvalue weighted by atomic mass is 127. The lowest BCUT2D eigenvalue weighted by molar-refractivity contribution is 0.0140. The molecule has 7 rings (SSSR count). The van der Waals surface area contributed by atoms with Crippen LogP contribution in [0.15, 0.2) is 116 Å². The first-order chi connectivity index (χ1) is 21.6. The molecule has 44 heavy (non-hydrogen) atoms. The molecule has 0 aliphatic carbocycles. The lowest BCUT2D eigenvalue weighted by atomic mass is 10.1. The minimum absolute atomic E-state index is 0.0891. The van der Waals surface area contributed by atoms with Gasteiger partial charge in [0.2, 0.25) is 0 Å². The monoisotopic (exact) mass is 836 g/mol. The number of H-pyrrole nitrogens is 1. The smallest absolute Gasteiger partial charge is 0.0992 e. The Hall–Kier alpha value is -2.15. The number of aromatic nitrogens is 4. The van der Waals surface area contributed by atoms with Crippen molar-refractivity contribution in [2.24, 2.45) is 0 Å². The first-order valence-electron chi connectivity index (χ1n) is 14.7. The van der Waals surface area contributed by atoms with E-state index in [9.17, 15) is 0 Å². The van der Waals surface area contributed by atoms with E-state index in [0.29, 0.717) is 6.04 Å². The van der Waals surface area contributed by atoms with Crippen LogP contribution in [0.2, 0.25) is 0 Å². The molecule has 10 heteroatoms. The lowest BCUT2D eigenvalue weighted by Crippen LogP contribution is -2.21. The Morgan fingerprint density at radius 1 is 0.659 bits per heavy atom. The van der Waals surface area contributed by atoms with Crippen LogP contribution in [-0.2, 0) is 9.47 Å². The van der Waals surface area contributed by atoms with Gasteiger partial charge in [0.25, 0.3) is 0 Å². The van der Waals surface area contributed by atoms with Gasteiger partial charge in [-0.15, -0.1) is 0 Å². The third-order valence-corrected chi connectivity index (χ3v) is 10.8. The van der Waals surface area contributed by atoms with Gasteiger partial charge < -0.3 is 14.6 Å². The highest BCUT2D eigenvalue weighted by Gasteiger charge is 2.17. The summed E-state index contributed by atoms with van der Waals surface area (Å²) in [6.07, 6.45) is 7.32. The largest absolute Gasteiger partial charge is 0.393 e. The van der Waals surface area contributed by atoms with Gasteiger partial charge in [-0.2, -0.15) is 10.2 Å². The quantitative estimate of drug-likeness (QED) is 0.161. The summed E-state index contributed by atoms with van der Waals surface area (Å²) in [5.41, 5.74) is 0. The molecule has 4 heterocycles. The molecule has 2 fully saturated rings. The highest BCUT2D eigenvalue weighted by molar-refractivity contribution is 14.1. The second-order valence-electron chi connectivity index (χ2n) is 10.0. The minimum Gasteiger partial charge on any atom is -0.393 e. The summed E-state index contributed by atoms with van der Waals surface area (Å²) >= 11 is 4.47. The summed E-state index contributed by atoms with van der Waals surface area (Å²) < 4.78 is 14.7. The average Bonchev–Trinajstić information content (AvgIpc) is 3.75. The van der Waals surface area contributed by atoms with Crippen LogP contribution >= 0.6 is 53.1 Å². The van der Waals surface area contributed by atoms with E-state index < -0.39 is 7.92 Å². The van der Waals surface area contributed by atoms with Gasteiger partial charge in [0.15, 0.2) is 0 Å².